The minimum Gasteiger partial charge on any atom is -0.490 e. The molecule has 1 aromatic rings. The monoisotopic (exact) mass is 314 g/mol. The molecule has 1 aromatic carbocycles. The van der Waals surface area contributed by atoms with Crippen LogP contribution in [0.25, 0.3) is 0 Å². The molecule has 0 aliphatic carbocycles. The van der Waals surface area contributed by atoms with Gasteiger partial charge in [-0.15, -0.1) is 0 Å². The van der Waals surface area contributed by atoms with Gasteiger partial charge in [-0.1, -0.05) is 50.6 Å². The third-order valence-electron chi connectivity index (χ3n) is 3.43. The molecule has 0 heterocycles. The smallest absolute Gasteiger partial charge is 0.179 e. The number of ether oxygens (including phenoxy) is 1. The highest BCUT2D eigenvalue weighted by Crippen LogP contribution is 2.23. The molecule has 0 saturated heterocycles. The van der Waals surface area contributed by atoms with Crippen LogP contribution in [0.3, 0.4) is 0 Å². The number of nitrogens with zero attached hydrogens (tertiary/aromatic N) is 1. The number of unbranched alkanes of at least 4 members (excludes halogenated alkanes) is 6. The van der Waals surface area contributed by atoms with Crippen LogP contribution in [0, 0.1) is 11.6 Å². The molecule has 0 bridgehead atoms. The first-order valence-electron chi connectivity index (χ1n) is 7.70. The van der Waals surface area contributed by atoms with Crippen molar-refractivity contribution in [3.63, 3.8) is 0 Å². The molecule has 0 fully saturated rings. The van der Waals surface area contributed by atoms with Crippen LogP contribution in [0.5, 0.6) is 5.75 Å². The summed E-state index contributed by atoms with van der Waals surface area (Å²) >= 11 is 0. The van der Waals surface area contributed by atoms with Gasteiger partial charge in [0.15, 0.2) is 17.4 Å². The summed E-state index contributed by atoms with van der Waals surface area (Å²) in [6.45, 7) is 2.53. The Bertz CT molecular complexity index is 493. The number of rotatable bonds is 10. The van der Waals surface area contributed by atoms with E-state index in [-0.39, 0.29) is 5.75 Å². The molecule has 0 aliphatic heterocycles. The molecule has 124 valence electrons. The Balaban J connectivity index is 2.44. The third-order valence-corrected chi connectivity index (χ3v) is 3.43. The van der Waals surface area contributed by atoms with Crippen molar-refractivity contribution >= 4 is 5.84 Å². The highest BCUT2D eigenvalue weighted by Gasteiger charge is 2.18. The average Bonchev–Trinajstić information content (AvgIpc) is 2.51. The molecule has 0 aliphatic rings. The lowest BCUT2D eigenvalue weighted by Crippen LogP contribution is -2.18. The van der Waals surface area contributed by atoms with Gasteiger partial charge in [-0.05, 0) is 18.6 Å². The summed E-state index contributed by atoms with van der Waals surface area (Å²) in [7, 11) is 0. The van der Waals surface area contributed by atoms with Crippen molar-refractivity contribution in [2.75, 3.05) is 6.61 Å². The van der Waals surface area contributed by atoms with E-state index in [2.05, 4.69) is 12.1 Å². The third kappa shape index (κ3) is 5.50. The van der Waals surface area contributed by atoms with Gasteiger partial charge in [0.05, 0.1) is 12.2 Å². The first kappa shape index (κ1) is 18.2. The molecule has 3 N–H and O–H groups in total. The minimum absolute atomic E-state index is 0.0889. The van der Waals surface area contributed by atoms with Crippen molar-refractivity contribution in [2.24, 2.45) is 10.9 Å². The summed E-state index contributed by atoms with van der Waals surface area (Å²) in [6, 6.07) is 2.25. The second-order valence-electron chi connectivity index (χ2n) is 5.19. The quantitative estimate of drug-likeness (QED) is 0.224. The minimum atomic E-state index is -0.946. The van der Waals surface area contributed by atoms with Crippen LogP contribution in [-0.4, -0.2) is 17.6 Å². The van der Waals surface area contributed by atoms with Gasteiger partial charge >= 0.3 is 0 Å². The van der Waals surface area contributed by atoms with Gasteiger partial charge in [0.1, 0.15) is 5.82 Å². The Labute approximate surface area is 130 Å². The SMILES string of the molecule is CCCCCCCCCOc1ccc(F)c(/C(N)=N/O)c1F. The van der Waals surface area contributed by atoms with E-state index in [0.717, 1.165) is 25.3 Å². The Morgan fingerprint density at radius 3 is 2.41 bits per heavy atom. The Kier molecular flexibility index (Phi) is 8.25. The van der Waals surface area contributed by atoms with Gasteiger partial charge in [-0.25, -0.2) is 8.78 Å². The number of hydrogen-bond acceptors (Lipinski definition) is 3. The number of nitrogens with two attached hydrogens (primary N) is 1. The molecular formula is C16H24F2N2O2. The molecule has 0 saturated carbocycles. The molecular weight excluding hydrogens is 290 g/mol. The summed E-state index contributed by atoms with van der Waals surface area (Å²) in [6.07, 6.45) is 7.87. The average molecular weight is 314 g/mol. The lowest BCUT2D eigenvalue weighted by atomic mass is 10.1. The summed E-state index contributed by atoms with van der Waals surface area (Å²) in [5, 5.41) is 11.2. The highest BCUT2D eigenvalue weighted by atomic mass is 19.1. The van der Waals surface area contributed by atoms with Crippen LogP contribution >= 0.6 is 0 Å². The zero-order chi connectivity index (χ0) is 16.4. The number of oxime groups is 1. The van der Waals surface area contributed by atoms with E-state index in [1.54, 1.807) is 0 Å². The highest BCUT2D eigenvalue weighted by molar-refractivity contribution is 5.97. The summed E-state index contributed by atoms with van der Waals surface area (Å²) in [5.41, 5.74) is 4.69. The van der Waals surface area contributed by atoms with E-state index >= 15 is 0 Å². The number of benzene rings is 1. The lowest BCUT2D eigenvalue weighted by Gasteiger charge is -2.10. The van der Waals surface area contributed by atoms with Gasteiger partial charge < -0.3 is 15.7 Å². The molecule has 0 spiro atoms. The predicted molar refractivity (Wildman–Crippen MR) is 82.4 cm³/mol. The maximum Gasteiger partial charge on any atom is 0.179 e. The number of halogens is 2. The molecule has 22 heavy (non-hydrogen) atoms. The van der Waals surface area contributed by atoms with E-state index in [4.69, 9.17) is 15.7 Å². The zero-order valence-electron chi connectivity index (χ0n) is 12.9. The van der Waals surface area contributed by atoms with E-state index in [1.165, 1.54) is 31.7 Å². The van der Waals surface area contributed by atoms with Crippen molar-refractivity contribution < 1.29 is 18.7 Å². The second-order valence-corrected chi connectivity index (χ2v) is 5.19. The number of amidine groups is 1. The van der Waals surface area contributed by atoms with Crippen LogP contribution in [0.2, 0.25) is 0 Å². The fourth-order valence-electron chi connectivity index (χ4n) is 2.17. The number of hydrogen-bond donors (Lipinski definition) is 2. The Morgan fingerprint density at radius 2 is 1.77 bits per heavy atom. The van der Waals surface area contributed by atoms with Gasteiger partial charge in [-0.2, -0.15) is 0 Å². The van der Waals surface area contributed by atoms with Crippen LogP contribution in [0.15, 0.2) is 17.3 Å². The van der Waals surface area contributed by atoms with Crippen molar-refractivity contribution in [1.82, 2.24) is 0 Å². The molecule has 0 amide bonds. The molecule has 4 nitrogen and oxygen atoms in total. The van der Waals surface area contributed by atoms with Crippen molar-refractivity contribution in [3.05, 3.63) is 29.3 Å². The fraction of sp³-hybridized carbons (Fsp3) is 0.562. The molecule has 0 atom stereocenters. The van der Waals surface area contributed by atoms with Crippen LogP contribution < -0.4 is 10.5 Å². The molecule has 1 rings (SSSR count). The van der Waals surface area contributed by atoms with Gasteiger partial charge in [-0.3, -0.25) is 0 Å². The first-order valence-corrected chi connectivity index (χ1v) is 7.70. The fourth-order valence-corrected chi connectivity index (χ4v) is 2.17. The van der Waals surface area contributed by atoms with E-state index < -0.39 is 23.0 Å². The second kappa shape index (κ2) is 9.97. The van der Waals surface area contributed by atoms with Crippen molar-refractivity contribution in [2.45, 2.75) is 51.9 Å². The zero-order valence-corrected chi connectivity index (χ0v) is 12.9. The summed E-state index contributed by atoms with van der Waals surface area (Å²) in [5.74, 6) is -2.54. The maximum atomic E-state index is 14.0. The molecule has 6 heteroatoms. The predicted octanol–water partition coefficient (Wildman–Crippen LogP) is 4.19. The van der Waals surface area contributed by atoms with E-state index in [0.29, 0.717) is 6.61 Å². The largest absolute Gasteiger partial charge is 0.490 e. The standard InChI is InChI=1S/C16H24F2N2O2/c1-2-3-4-5-6-7-8-11-22-13-10-9-12(17)14(15(13)18)16(19)20-21/h9-10,21H,2-8,11H2,1H3,(H2,19,20). The van der Waals surface area contributed by atoms with Crippen LogP contribution in [0.1, 0.15) is 57.4 Å². The first-order chi connectivity index (χ1) is 10.6. The Hall–Kier alpha value is -1.85. The van der Waals surface area contributed by atoms with Crippen molar-refractivity contribution in [1.29, 1.82) is 0 Å². The molecule has 0 radical (unpaired) electrons. The topological polar surface area (TPSA) is 67.8 Å². The van der Waals surface area contributed by atoms with Crippen LogP contribution in [-0.2, 0) is 0 Å². The lowest BCUT2D eigenvalue weighted by molar-refractivity contribution is 0.288. The van der Waals surface area contributed by atoms with Crippen molar-refractivity contribution in [3.8, 4) is 5.75 Å². The van der Waals surface area contributed by atoms with Gasteiger partial charge in [0.25, 0.3) is 0 Å². The van der Waals surface area contributed by atoms with Crippen LogP contribution in [0.4, 0.5) is 8.78 Å². The summed E-state index contributed by atoms with van der Waals surface area (Å²) in [4.78, 5) is 0. The normalized spacial score (nSPS) is 11.7. The van der Waals surface area contributed by atoms with E-state index in [9.17, 15) is 8.78 Å². The van der Waals surface area contributed by atoms with Gasteiger partial charge in [0.2, 0.25) is 0 Å². The maximum absolute atomic E-state index is 14.0. The van der Waals surface area contributed by atoms with E-state index in [1.807, 2.05) is 0 Å². The molecule has 0 unspecified atom stereocenters. The summed E-state index contributed by atoms with van der Waals surface area (Å²) < 4.78 is 32.9. The Morgan fingerprint density at radius 1 is 1.14 bits per heavy atom. The van der Waals surface area contributed by atoms with Gasteiger partial charge in [0, 0.05) is 0 Å². The molecule has 0 aromatic heterocycles.